The standard InChI is InChI=1S/C24H21FN2O4/c1-30-18-10-16(11-19(13-18)31-2)24(29)27-14-22(28)26-21-9-8-17(25)12-20(21)23(27)15-6-4-3-5-7-15/h3-13,23H,14H2,1-2H3,(H,26,28)/t23-/m1/s1. The van der Waals surface area contributed by atoms with E-state index in [-0.39, 0.29) is 12.5 Å². The Labute approximate surface area is 179 Å². The fourth-order valence-corrected chi connectivity index (χ4v) is 3.76. The van der Waals surface area contributed by atoms with E-state index in [2.05, 4.69) is 5.32 Å². The van der Waals surface area contributed by atoms with Crippen LogP contribution in [0.4, 0.5) is 10.1 Å². The number of methoxy groups -OCH3 is 2. The van der Waals surface area contributed by atoms with Gasteiger partial charge < -0.3 is 19.7 Å². The van der Waals surface area contributed by atoms with E-state index in [4.69, 9.17) is 9.47 Å². The molecule has 1 heterocycles. The Morgan fingerprint density at radius 3 is 2.32 bits per heavy atom. The molecule has 1 atom stereocenters. The maximum absolute atomic E-state index is 14.2. The summed E-state index contributed by atoms with van der Waals surface area (Å²) in [6.45, 7) is -0.200. The second-order valence-corrected chi connectivity index (χ2v) is 7.13. The maximum atomic E-state index is 14.2. The zero-order chi connectivity index (χ0) is 22.0. The monoisotopic (exact) mass is 420 g/mol. The summed E-state index contributed by atoms with van der Waals surface area (Å²) >= 11 is 0. The van der Waals surface area contributed by atoms with Gasteiger partial charge in [-0.1, -0.05) is 30.3 Å². The van der Waals surface area contributed by atoms with Crippen molar-refractivity contribution in [1.82, 2.24) is 4.90 Å². The van der Waals surface area contributed by atoms with E-state index in [0.29, 0.717) is 28.3 Å². The third kappa shape index (κ3) is 4.07. The van der Waals surface area contributed by atoms with Crippen LogP contribution in [0.3, 0.4) is 0 Å². The first kappa shape index (κ1) is 20.4. The number of ether oxygens (including phenoxy) is 2. The average molecular weight is 420 g/mol. The molecule has 4 rings (SSSR count). The summed E-state index contributed by atoms with van der Waals surface area (Å²) in [6, 6.07) is 17.5. The number of hydrogen-bond donors (Lipinski definition) is 1. The van der Waals surface area contributed by atoms with Crippen molar-refractivity contribution in [2.24, 2.45) is 0 Å². The third-order valence-electron chi connectivity index (χ3n) is 5.18. The number of carbonyl (C=O) groups is 2. The molecule has 0 aliphatic carbocycles. The van der Waals surface area contributed by atoms with Gasteiger partial charge in [0.05, 0.1) is 20.3 Å². The lowest BCUT2D eigenvalue weighted by atomic mass is 9.95. The molecule has 0 spiro atoms. The lowest BCUT2D eigenvalue weighted by Gasteiger charge is -2.31. The molecule has 31 heavy (non-hydrogen) atoms. The summed E-state index contributed by atoms with van der Waals surface area (Å²) in [7, 11) is 2.99. The molecule has 158 valence electrons. The van der Waals surface area contributed by atoms with Crippen molar-refractivity contribution in [2.75, 3.05) is 26.1 Å². The molecule has 0 fully saturated rings. The lowest BCUT2D eigenvalue weighted by Crippen LogP contribution is -2.39. The number of hydrogen-bond acceptors (Lipinski definition) is 4. The van der Waals surface area contributed by atoms with Crippen molar-refractivity contribution in [1.29, 1.82) is 0 Å². The van der Waals surface area contributed by atoms with E-state index in [9.17, 15) is 14.0 Å². The topological polar surface area (TPSA) is 67.9 Å². The highest BCUT2D eigenvalue weighted by Crippen LogP contribution is 2.37. The minimum absolute atomic E-state index is 0.200. The van der Waals surface area contributed by atoms with E-state index in [1.165, 1.54) is 37.3 Å². The van der Waals surface area contributed by atoms with Gasteiger partial charge in [-0.25, -0.2) is 4.39 Å². The Bertz CT molecular complexity index is 1110. The fourth-order valence-electron chi connectivity index (χ4n) is 3.76. The maximum Gasteiger partial charge on any atom is 0.255 e. The van der Waals surface area contributed by atoms with Crippen LogP contribution >= 0.6 is 0 Å². The Kier molecular flexibility index (Phi) is 5.58. The molecule has 3 aromatic carbocycles. The first-order valence-electron chi connectivity index (χ1n) is 9.68. The smallest absolute Gasteiger partial charge is 0.255 e. The molecule has 0 unspecified atom stereocenters. The predicted molar refractivity (Wildman–Crippen MR) is 114 cm³/mol. The molecule has 3 aromatic rings. The zero-order valence-electron chi connectivity index (χ0n) is 17.1. The number of rotatable bonds is 4. The van der Waals surface area contributed by atoms with Crippen molar-refractivity contribution in [3.05, 3.63) is 89.2 Å². The van der Waals surface area contributed by atoms with E-state index in [1.807, 2.05) is 30.3 Å². The number of halogens is 1. The molecule has 6 nitrogen and oxygen atoms in total. The second-order valence-electron chi connectivity index (χ2n) is 7.13. The van der Waals surface area contributed by atoms with Crippen molar-refractivity contribution in [3.63, 3.8) is 0 Å². The van der Waals surface area contributed by atoms with Gasteiger partial charge in [-0.05, 0) is 35.9 Å². The van der Waals surface area contributed by atoms with E-state index >= 15 is 0 Å². The molecule has 0 saturated heterocycles. The van der Waals surface area contributed by atoms with Gasteiger partial charge in [0.15, 0.2) is 0 Å². The minimum atomic E-state index is -0.671. The van der Waals surface area contributed by atoms with E-state index in [1.54, 1.807) is 18.2 Å². The highest BCUT2D eigenvalue weighted by Gasteiger charge is 2.34. The van der Waals surface area contributed by atoms with E-state index < -0.39 is 17.8 Å². The Balaban J connectivity index is 1.88. The molecular weight excluding hydrogens is 399 g/mol. The van der Waals surface area contributed by atoms with Crippen molar-refractivity contribution >= 4 is 17.5 Å². The molecule has 0 aromatic heterocycles. The Hall–Kier alpha value is -3.87. The molecule has 0 radical (unpaired) electrons. The number of amides is 2. The molecule has 0 bridgehead atoms. The van der Waals surface area contributed by atoms with Gasteiger partial charge in [-0.15, -0.1) is 0 Å². The first-order chi connectivity index (χ1) is 15.0. The van der Waals surface area contributed by atoms with Gasteiger partial charge in [0.1, 0.15) is 23.9 Å². The molecule has 1 aliphatic heterocycles. The van der Waals surface area contributed by atoms with Crippen LogP contribution in [0.5, 0.6) is 11.5 Å². The predicted octanol–water partition coefficient (Wildman–Crippen LogP) is 4.03. The lowest BCUT2D eigenvalue weighted by molar-refractivity contribution is -0.117. The Morgan fingerprint density at radius 2 is 1.68 bits per heavy atom. The van der Waals surface area contributed by atoms with Crippen LogP contribution in [-0.2, 0) is 4.79 Å². The summed E-state index contributed by atoms with van der Waals surface area (Å²) < 4.78 is 24.8. The number of nitrogens with one attached hydrogen (secondary N) is 1. The van der Waals surface area contributed by atoms with Crippen molar-refractivity contribution in [3.8, 4) is 11.5 Å². The molecule has 1 N–H and O–H groups in total. The quantitative estimate of drug-likeness (QED) is 0.692. The van der Waals surface area contributed by atoms with Gasteiger partial charge >= 0.3 is 0 Å². The molecule has 7 heteroatoms. The van der Waals surface area contributed by atoms with Gasteiger partial charge in [0.2, 0.25) is 5.91 Å². The Morgan fingerprint density at radius 1 is 1.00 bits per heavy atom. The fraction of sp³-hybridized carbons (Fsp3) is 0.167. The van der Waals surface area contributed by atoms with Crippen molar-refractivity contribution in [2.45, 2.75) is 6.04 Å². The highest BCUT2D eigenvalue weighted by molar-refractivity contribution is 6.01. The van der Waals surface area contributed by atoms with Crippen molar-refractivity contribution < 1.29 is 23.5 Å². The summed E-state index contributed by atoms with van der Waals surface area (Å²) in [5.41, 5.74) is 2.03. The van der Waals surface area contributed by atoms with Crippen LogP contribution in [-0.4, -0.2) is 37.5 Å². The number of benzene rings is 3. The second kappa shape index (κ2) is 8.47. The SMILES string of the molecule is COc1cc(OC)cc(C(=O)N2CC(=O)Nc3ccc(F)cc3[C@H]2c2ccccc2)c1. The average Bonchev–Trinajstić information content (AvgIpc) is 2.94. The highest BCUT2D eigenvalue weighted by atomic mass is 19.1. The summed E-state index contributed by atoms with van der Waals surface area (Å²) in [5, 5.41) is 2.78. The third-order valence-corrected chi connectivity index (χ3v) is 5.18. The van der Waals surface area contributed by atoms with Gasteiger partial charge in [0.25, 0.3) is 5.91 Å². The molecule has 2 amide bonds. The minimum Gasteiger partial charge on any atom is -0.497 e. The largest absolute Gasteiger partial charge is 0.497 e. The van der Waals surface area contributed by atoms with Crippen LogP contribution in [0.25, 0.3) is 0 Å². The number of anilines is 1. The first-order valence-corrected chi connectivity index (χ1v) is 9.68. The van der Waals surface area contributed by atoms with Crippen LogP contribution in [0.1, 0.15) is 27.5 Å². The number of fused-ring (bicyclic) bond motifs is 1. The summed E-state index contributed by atoms with van der Waals surface area (Å²) in [4.78, 5) is 27.7. The molecular formula is C24H21FN2O4. The van der Waals surface area contributed by atoms with E-state index in [0.717, 1.165) is 5.56 Å². The van der Waals surface area contributed by atoms with Gasteiger partial charge in [-0.2, -0.15) is 0 Å². The molecule has 0 saturated carbocycles. The van der Waals surface area contributed by atoms with Crippen LogP contribution in [0, 0.1) is 5.82 Å². The zero-order valence-corrected chi connectivity index (χ0v) is 17.1. The van der Waals surface area contributed by atoms with Crippen LogP contribution in [0.15, 0.2) is 66.7 Å². The van der Waals surface area contributed by atoms with Gasteiger partial charge in [-0.3, -0.25) is 9.59 Å². The summed E-state index contributed by atoms with van der Waals surface area (Å²) in [5.74, 6) is -0.326. The van der Waals surface area contributed by atoms with Gasteiger partial charge in [0, 0.05) is 22.9 Å². The number of carbonyl (C=O) groups excluding carboxylic acids is 2. The van der Waals surface area contributed by atoms with Crippen LogP contribution in [0.2, 0.25) is 0 Å². The van der Waals surface area contributed by atoms with Crippen LogP contribution < -0.4 is 14.8 Å². The number of nitrogens with zero attached hydrogens (tertiary/aromatic N) is 1. The summed E-state index contributed by atoms with van der Waals surface area (Å²) in [6.07, 6.45) is 0. The normalized spacial score (nSPS) is 15.5. The molecule has 1 aliphatic rings.